The summed E-state index contributed by atoms with van der Waals surface area (Å²) in [6.45, 7) is 2.26. The van der Waals surface area contributed by atoms with Gasteiger partial charge in [0, 0.05) is 0 Å². The molecule has 1 aromatic carbocycles. The Labute approximate surface area is 119 Å². The van der Waals surface area contributed by atoms with E-state index in [2.05, 4.69) is 43.3 Å². The van der Waals surface area contributed by atoms with Crippen LogP contribution in [-0.4, -0.2) is 0 Å². The van der Waals surface area contributed by atoms with E-state index in [0.29, 0.717) is 3.12 Å². The summed E-state index contributed by atoms with van der Waals surface area (Å²) in [5.41, 5.74) is 2.96. The zero-order valence-electron chi connectivity index (χ0n) is 8.69. The molecule has 0 spiro atoms. The molecule has 0 aliphatic heterocycles. The first-order chi connectivity index (χ1) is 6.26. The van der Waals surface area contributed by atoms with Gasteiger partial charge in [-0.1, -0.05) is 0 Å². The van der Waals surface area contributed by atoms with Gasteiger partial charge in [-0.2, -0.15) is 0 Å². The molecule has 0 saturated heterocycles. The van der Waals surface area contributed by atoms with E-state index >= 15 is 0 Å². The molecule has 1 aromatic rings. The van der Waals surface area contributed by atoms with Crippen LogP contribution in [0.3, 0.4) is 0 Å². The smallest absolute Gasteiger partial charge is 0.147 e. The number of rotatable bonds is 2. The van der Waals surface area contributed by atoms with E-state index in [1.54, 1.807) is 24.7 Å². The molecule has 1 atom stereocenters. The fourth-order valence-electron chi connectivity index (χ4n) is 1.98. The summed E-state index contributed by atoms with van der Waals surface area (Å²) in [5.74, 6) is 0. The Morgan fingerprint density at radius 2 is 1.87 bits per heavy atom. The Morgan fingerprint density at radius 1 is 1.20 bits per heavy atom. The Bertz CT molecular complexity index is 349. The first kappa shape index (κ1) is 15.4. The van der Waals surface area contributed by atoms with Crippen molar-refractivity contribution in [3.05, 3.63) is 41.5 Å². The largest absolute Gasteiger partial charge is 0.147 e. The minimum Gasteiger partial charge on any atom is -0.147 e. The quantitative estimate of drug-likeness (QED) is 0.769. The molecule has 15 heavy (non-hydrogen) atoms. The van der Waals surface area contributed by atoms with Crippen LogP contribution in [0.4, 0.5) is 0 Å². The van der Waals surface area contributed by atoms with Crippen molar-refractivity contribution in [2.24, 2.45) is 0 Å². The summed E-state index contributed by atoms with van der Waals surface area (Å²) in [6.07, 6.45) is 7.22. The van der Waals surface area contributed by atoms with Crippen LogP contribution in [0.15, 0.2) is 30.3 Å². The zero-order valence-corrected chi connectivity index (χ0v) is 12.8. The van der Waals surface area contributed by atoms with E-state index in [0.717, 1.165) is 0 Å². The van der Waals surface area contributed by atoms with E-state index in [1.807, 2.05) is 0 Å². The van der Waals surface area contributed by atoms with Crippen molar-refractivity contribution in [2.75, 3.05) is 0 Å². The molecule has 0 fully saturated rings. The van der Waals surface area contributed by atoms with E-state index < -0.39 is 0 Å². The van der Waals surface area contributed by atoms with Gasteiger partial charge in [0.05, 0.1) is 0 Å². The Morgan fingerprint density at radius 3 is 2.53 bits per heavy atom. The molecule has 0 N–H and O–H groups in total. The molecule has 3 heteroatoms. The first-order valence-electron chi connectivity index (χ1n) is 4.80. The predicted molar refractivity (Wildman–Crippen MR) is 66.6 cm³/mol. The van der Waals surface area contributed by atoms with Crippen LogP contribution in [0, 0.1) is 0 Å². The van der Waals surface area contributed by atoms with E-state index in [9.17, 15) is 0 Å². The maximum atomic E-state index is 2.39. The summed E-state index contributed by atoms with van der Waals surface area (Å²) in [7, 11) is 0. The average Bonchev–Trinajstić information content (AvgIpc) is 2.46. The number of benzene rings is 1. The second kappa shape index (κ2) is 6.23. The molecule has 0 saturated carbocycles. The number of hydrogen-bond acceptors (Lipinski definition) is 0. The predicted octanol–water partition coefficient (Wildman–Crippen LogP) is 4.10. The normalized spacial score (nSPS) is 21.3. The van der Waals surface area contributed by atoms with Crippen molar-refractivity contribution in [1.82, 2.24) is 0 Å². The molecule has 0 bridgehead atoms. The summed E-state index contributed by atoms with van der Waals surface area (Å²) in [4.78, 5) is 0. The second-order valence-corrected chi connectivity index (χ2v) is 5.84. The van der Waals surface area contributed by atoms with Gasteiger partial charge >= 0.3 is 95.2 Å². The standard InChI is InChI=1S/C12H13.2ClH.Zr/c1-2-5-10-8-9-11-6-3-4-7-12(10)11;;;/h3-4,6-9H,2,5H2,1H3;2*1H;. The third kappa shape index (κ3) is 2.96. The van der Waals surface area contributed by atoms with E-state index in [1.165, 1.54) is 24.0 Å². The summed E-state index contributed by atoms with van der Waals surface area (Å²) in [5, 5.41) is 0. The summed E-state index contributed by atoms with van der Waals surface area (Å²) < 4.78 is 0.387. The van der Waals surface area contributed by atoms with Crippen LogP contribution in [-0.2, 0) is 27.8 Å². The van der Waals surface area contributed by atoms with Gasteiger partial charge in [-0.3, -0.25) is 0 Å². The van der Waals surface area contributed by atoms with Crippen LogP contribution < -0.4 is 0 Å². The second-order valence-electron chi connectivity index (χ2n) is 3.64. The van der Waals surface area contributed by atoms with Crippen LogP contribution in [0.25, 0.3) is 6.08 Å². The Hall–Kier alpha value is 0.423. The monoisotopic (exact) mass is 319 g/mol. The molecule has 0 nitrogen and oxygen atoms in total. The van der Waals surface area contributed by atoms with Crippen molar-refractivity contribution < 1.29 is 24.7 Å². The van der Waals surface area contributed by atoms with Crippen LogP contribution in [0.1, 0.15) is 30.9 Å². The van der Waals surface area contributed by atoms with Gasteiger partial charge in [0.2, 0.25) is 0 Å². The molecule has 0 aromatic heterocycles. The molecular formula is C12H15Cl2Zr. The van der Waals surface area contributed by atoms with Gasteiger partial charge < -0.3 is 0 Å². The molecule has 1 aliphatic rings. The maximum Gasteiger partial charge on any atom is -0.147 e. The number of hydrogen-bond donors (Lipinski definition) is 0. The van der Waals surface area contributed by atoms with Crippen LogP contribution in [0.2, 0.25) is 0 Å². The molecule has 0 radical (unpaired) electrons. The summed E-state index contributed by atoms with van der Waals surface area (Å²) in [6, 6.07) is 8.77. The third-order valence-corrected chi connectivity index (χ3v) is 4.32. The van der Waals surface area contributed by atoms with Crippen molar-refractivity contribution in [1.29, 1.82) is 0 Å². The SMILES string of the molecule is CCC[C]1([Zr])C=Cc2ccccc21.Cl.Cl. The minimum atomic E-state index is 0. The minimum absolute atomic E-state index is 0. The topological polar surface area (TPSA) is 0 Å². The maximum absolute atomic E-state index is 2.39. The molecule has 1 unspecified atom stereocenters. The molecular weight excluding hydrogens is 306 g/mol. The number of allylic oxidation sites excluding steroid dienone is 1. The Kier molecular flexibility index (Phi) is 6.41. The van der Waals surface area contributed by atoms with Gasteiger partial charge in [-0.25, -0.2) is 0 Å². The van der Waals surface area contributed by atoms with Crippen molar-refractivity contribution in [3.8, 4) is 0 Å². The van der Waals surface area contributed by atoms with E-state index in [-0.39, 0.29) is 24.8 Å². The molecule has 81 valence electrons. The number of halogens is 2. The van der Waals surface area contributed by atoms with E-state index in [4.69, 9.17) is 0 Å². The van der Waals surface area contributed by atoms with Crippen LogP contribution >= 0.6 is 24.8 Å². The first-order valence-corrected chi connectivity index (χ1v) is 6.03. The van der Waals surface area contributed by atoms with Crippen LogP contribution in [0.5, 0.6) is 0 Å². The van der Waals surface area contributed by atoms with Gasteiger partial charge in [0.1, 0.15) is 0 Å². The molecule has 0 amide bonds. The van der Waals surface area contributed by atoms with Gasteiger partial charge in [0.15, 0.2) is 0 Å². The van der Waals surface area contributed by atoms with Crippen molar-refractivity contribution >= 4 is 30.9 Å². The van der Waals surface area contributed by atoms with Crippen molar-refractivity contribution in [3.63, 3.8) is 0 Å². The molecule has 2 rings (SSSR count). The summed E-state index contributed by atoms with van der Waals surface area (Å²) >= 11 is 1.62. The fourth-order valence-corrected chi connectivity index (χ4v) is 3.36. The number of fused-ring (bicyclic) bond motifs is 1. The fraction of sp³-hybridized carbons (Fsp3) is 0.333. The Balaban J connectivity index is 0.000000980. The van der Waals surface area contributed by atoms with Gasteiger partial charge in [-0.15, -0.1) is 24.8 Å². The average molecular weight is 321 g/mol. The molecule has 1 aliphatic carbocycles. The zero-order chi connectivity index (χ0) is 9.31. The van der Waals surface area contributed by atoms with Gasteiger partial charge in [0.25, 0.3) is 0 Å². The third-order valence-electron chi connectivity index (χ3n) is 2.63. The molecule has 0 heterocycles. The van der Waals surface area contributed by atoms with Gasteiger partial charge in [-0.05, 0) is 0 Å². The van der Waals surface area contributed by atoms with Crippen molar-refractivity contribution in [2.45, 2.75) is 22.9 Å².